The van der Waals surface area contributed by atoms with Crippen LogP contribution in [-0.2, 0) is 14.8 Å². The number of sulfonamides is 1. The molecule has 1 aromatic carbocycles. The molecule has 0 aliphatic carbocycles. The minimum atomic E-state index is -3.46. The van der Waals surface area contributed by atoms with Crippen molar-refractivity contribution in [3.8, 4) is 0 Å². The zero-order valence-electron chi connectivity index (χ0n) is 15.4. The summed E-state index contributed by atoms with van der Waals surface area (Å²) in [5.41, 5.74) is 0.635. The van der Waals surface area contributed by atoms with E-state index in [1.54, 1.807) is 24.3 Å². The number of nitrogens with zero attached hydrogens (tertiary/aromatic N) is 1. The van der Waals surface area contributed by atoms with Gasteiger partial charge in [-0.1, -0.05) is 41.9 Å². The highest BCUT2D eigenvalue weighted by atomic mass is 33.1. The smallest absolute Gasteiger partial charge is 0.243 e. The minimum absolute atomic E-state index is 0.0159. The average Bonchev–Trinajstić information content (AvgIpc) is 3.13. The van der Waals surface area contributed by atoms with E-state index in [-0.39, 0.29) is 10.8 Å². The second-order valence-electron chi connectivity index (χ2n) is 6.24. The van der Waals surface area contributed by atoms with Crippen molar-refractivity contribution in [2.75, 3.05) is 24.2 Å². The van der Waals surface area contributed by atoms with Crippen LogP contribution in [0, 0.1) is 0 Å². The summed E-state index contributed by atoms with van der Waals surface area (Å²) in [5.74, 6) is 1.23. The highest BCUT2D eigenvalue weighted by Gasteiger charge is 2.21. The number of nitrogens with one attached hydrogen (secondary N) is 1. The number of rotatable bonds is 10. The molecule has 1 aliphatic rings. The number of unbranched alkanes of at least 4 members (excludes halogenated alkanes) is 1. The van der Waals surface area contributed by atoms with Crippen LogP contribution in [0.5, 0.6) is 0 Å². The molecule has 0 saturated carbocycles. The van der Waals surface area contributed by atoms with Crippen molar-refractivity contribution >= 4 is 43.2 Å². The molecular formula is C18H28N2O3S3. The van der Waals surface area contributed by atoms with Crippen molar-refractivity contribution in [2.45, 2.75) is 56.1 Å². The van der Waals surface area contributed by atoms with Gasteiger partial charge in [0.05, 0.1) is 4.90 Å². The molecule has 1 N–H and O–H groups in total. The van der Waals surface area contributed by atoms with Crippen LogP contribution >= 0.6 is 21.6 Å². The number of anilines is 1. The molecule has 5 nitrogen and oxygen atoms in total. The largest absolute Gasteiger partial charge is 0.326 e. The van der Waals surface area contributed by atoms with E-state index in [0.29, 0.717) is 25.2 Å². The van der Waals surface area contributed by atoms with Crippen molar-refractivity contribution in [1.82, 2.24) is 4.31 Å². The molecule has 1 fully saturated rings. The molecule has 1 saturated heterocycles. The van der Waals surface area contributed by atoms with E-state index in [2.05, 4.69) is 5.32 Å². The Labute approximate surface area is 165 Å². The average molecular weight is 417 g/mol. The summed E-state index contributed by atoms with van der Waals surface area (Å²) in [6.07, 6.45) is 4.94. The molecule has 0 unspecified atom stereocenters. The van der Waals surface area contributed by atoms with Crippen LogP contribution in [-0.4, -0.2) is 42.7 Å². The van der Waals surface area contributed by atoms with E-state index >= 15 is 0 Å². The summed E-state index contributed by atoms with van der Waals surface area (Å²) in [4.78, 5) is 12.3. The molecule has 1 atom stereocenters. The van der Waals surface area contributed by atoms with Crippen molar-refractivity contribution in [3.05, 3.63) is 24.3 Å². The number of hydrogen-bond acceptors (Lipinski definition) is 5. The summed E-state index contributed by atoms with van der Waals surface area (Å²) in [6, 6.07) is 6.41. The molecule has 1 aliphatic heterocycles. The fourth-order valence-corrected chi connectivity index (χ4v) is 7.35. The minimum Gasteiger partial charge on any atom is -0.326 e. The lowest BCUT2D eigenvalue weighted by Crippen LogP contribution is -2.30. The second-order valence-corrected chi connectivity index (χ2v) is 11.0. The molecule has 26 heavy (non-hydrogen) atoms. The summed E-state index contributed by atoms with van der Waals surface area (Å²) in [6.45, 7) is 4.52. The molecule has 0 spiro atoms. The molecule has 1 aromatic rings. The quantitative estimate of drug-likeness (QED) is 0.453. The van der Waals surface area contributed by atoms with Gasteiger partial charge >= 0.3 is 0 Å². The fraction of sp³-hybridized carbons (Fsp3) is 0.611. The first-order valence-electron chi connectivity index (χ1n) is 9.15. The van der Waals surface area contributed by atoms with Gasteiger partial charge in [0.2, 0.25) is 15.9 Å². The maximum Gasteiger partial charge on any atom is 0.243 e. The van der Waals surface area contributed by atoms with E-state index in [0.717, 1.165) is 18.1 Å². The monoisotopic (exact) mass is 416 g/mol. The number of carbonyl (C=O) groups is 1. The van der Waals surface area contributed by atoms with Gasteiger partial charge in [-0.15, -0.1) is 0 Å². The maximum absolute atomic E-state index is 12.4. The Morgan fingerprint density at radius 2 is 1.88 bits per heavy atom. The van der Waals surface area contributed by atoms with Crippen molar-refractivity contribution in [3.63, 3.8) is 0 Å². The topological polar surface area (TPSA) is 66.5 Å². The van der Waals surface area contributed by atoms with E-state index in [4.69, 9.17) is 0 Å². The molecule has 0 bridgehead atoms. The van der Waals surface area contributed by atoms with Gasteiger partial charge in [0, 0.05) is 36.2 Å². The third-order valence-corrected chi connectivity index (χ3v) is 9.46. The molecule has 0 aromatic heterocycles. The van der Waals surface area contributed by atoms with Crippen LogP contribution in [0.15, 0.2) is 29.2 Å². The van der Waals surface area contributed by atoms with Gasteiger partial charge in [0.1, 0.15) is 0 Å². The predicted molar refractivity (Wildman–Crippen MR) is 112 cm³/mol. The van der Waals surface area contributed by atoms with Crippen LogP contribution in [0.3, 0.4) is 0 Å². The normalized spacial score (nSPS) is 17.6. The molecule has 8 heteroatoms. The Balaban J connectivity index is 1.79. The molecule has 1 amide bonds. The van der Waals surface area contributed by atoms with E-state index in [1.165, 1.54) is 22.9 Å². The van der Waals surface area contributed by atoms with E-state index < -0.39 is 10.0 Å². The molecular weight excluding hydrogens is 388 g/mol. The van der Waals surface area contributed by atoms with Crippen LogP contribution in [0.1, 0.15) is 46.0 Å². The highest BCUT2D eigenvalue weighted by molar-refractivity contribution is 8.77. The Morgan fingerprint density at radius 1 is 1.19 bits per heavy atom. The molecule has 1 heterocycles. The van der Waals surface area contributed by atoms with Gasteiger partial charge in [-0.05, 0) is 43.5 Å². The van der Waals surface area contributed by atoms with E-state index in [1.807, 2.05) is 35.4 Å². The number of benzene rings is 1. The number of hydrogen-bond donors (Lipinski definition) is 1. The Morgan fingerprint density at radius 3 is 2.46 bits per heavy atom. The summed E-state index contributed by atoms with van der Waals surface area (Å²) < 4.78 is 26.3. The lowest BCUT2D eigenvalue weighted by Gasteiger charge is -2.18. The van der Waals surface area contributed by atoms with Crippen LogP contribution in [0.2, 0.25) is 0 Å². The maximum atomic E-state index is 12.4. The van der Waals surface area contributed by atoms with Gasteiger partial charge in [-0.25, -0.2) is 8.42 Å². The fourth-order valence-electron chi connectivity index (χ4n) is 2.87. The lowest BCUT2D eigenvalue weighted by molar-refractivity contribution is -0.116. The Hall–Kier alpha value is -0.700. The second kappa shape index (κ2) is 10.6. The summed E-state index contributed by atoms with van der Waals surface area (Å²) >= 11 is 0. The Kier molecular flexibility index (Phi) is 8.79. The SMILES string of the molecule is CCN(CC)S(=O)(=O)c1ccc(NC(=O)CCCC[C@@H]2CCSS2)cc1. The van der Waals surface area contributed by atoms with Gasteiger partial charge in [0.25, 0.3) is 0 Å². The number of amides is 1. The van der Waals surface area contributed by atoms with Crippen LogP contribution < -0.4 is 5.32 Å². The van der Waals surface area contributed by atoms with Crippen LogP contribution in [0.4, 0.5) is 5.69 Å². The first kappa shape index (κ1) is 21.6. The summed E-state index contributed by atoms with van der Waals surface area (Å²) in [7, 11) is 0.468. The molecule has 146 valence electrons. The number of carbonyl (C=O) groups excluding carboxylic acids is 1. The van der Waals surface area contributed by atoms with Crippen molar-refractivity contribution in [1.29, 1.82) is 0 Å². The first-order chi connectivity index (χ1) is 12.5. The van der Waals surface area contributed by atoms with E-state index in [9.17, 15) is 13.2 Å². The molecule has 2 rings (SSSR count). The molecule has 0 radical (unpaired) electrons. The first-order valence-corrected chi connectivity index (χ1v) is 13.0. The zero-order chi connectivity index (χ0) is 19.0. The Bertz CT molecular complexity index is 667. The lowest BCUT2D eigenvalue weighted by atomic mass is 10.1. The van der Waals surface area contributed by atoms with Gasteiger partial charge in [-0.2, -0.15) is 4.31 Å². The van der Waals surface area contributed by atoms with Gasteiger partial charge < -0.3 is 5.32 Å². The standard InChI is InChI=1S/C18H28N2O3S3/c1-3-20(4-2)26(22,23)17-11-9-15(10-12-17)19-18(21)8-6-5-7-16-13-14-24-25-16/h9-12,16H,3-8,13-14H2,1-2H3,(H,19,21)/t16-/m1/s1. The third kappa shape index (κ3) is 6.18. The van der Waals surface area contributed by atoms with Crippen molar-refractivity contribution in [2.24, 2.45) is 0 Å². The zero-order valence-corrected chi connectivity index (χ0v) is 17.9. The van der Waals surface area contributed by atoms with Crippen LogP contribution in [0.25, 0.3) is 0 Å². The summed E-state index contributed by atoms with van der Waals surface area (Å²) in [5, 5.41) is 3.60. The third-order valence-electron chi connectivity index (χ3n) is 4.39. The van der Waals surface area contributed by atoms with Gasteiger partial charge in [0.15, 0.2) is 0 Å². The highest BCUT2D eigenvalue weighted by Crippen LogP contribution is 2.39. The predicted octanol–water partition coefficient (Wildman–Crippen LogP) is 4.37. The van der Waals surface area contributed by atoms with Crippen molar-refractivity contribution < 1.29 is 13.2 Å². The van der Waals surface area contributed by atoms with Gasteiger partial charge in [-0.3, -0.25) is 4.79 Å².